The molecule has 29 heavy (non-hydrogen) atoms. The van der Waals surface area contributed by atoms with Crippen molar-refractivity contribution >= 4 is 11.5 Å². The van der Waals surface area contributed by atoms with E-state index in [0.29, 0.717) is 12.1 Å². The third kappa shape index (κ3) is 3.74. The van der Waals surface area contributed by atoms with Crippen LogP contribution < -0.4 is 4.74 Å². The fourth-order valence-corrected chi connectivity index (χ4v) is 3.83. The van der Waals surface area contributed by atoms with Crippen molar-refractivity contribution in [1.29, 1.82) is 0 Å². The average Bonchev–Trinajstić information content (AvgIpc) is 3.04. The molecule has 4 heteroatoms. The minimum absolute atomic E-state index is 0.183. The number of nitrogens with zero attached hydrogens (tertiary/aromatic N) is 1. The van der Waals surface area contributed by atoms with Gasteiger partial charge in [-0.3, -0.25) is 4.79 Å². The van der Waals surface area contributed by atoms with E-state index in [9.17, 15) is 9.90 Å². The fourth-order valence-electron chi connectivity index (χ4n) is 3.83. The number of ether oxygens (including phenoxy) is 1. The lowest BCUT2D eigenvalue weighted by atomic mass is 9.93. The van der Waals surface area contributed by atoms with Gasteiger partial charge in [-0.1, -0.05) is 72.8 Å². The summed E-state index contributed by atoms with van der Waals surface area (Å²) in [7, 11) is 1.61. The zero-order chi connectivity index (χ0) is 20.2. The highest BCUT2D eigenvalue weighted by atomic mass is 16.5. The number of methoxy groups -OCH3 is 1. The van der Waals surface area contributed by atoms with Gasteiger partial charge in [0.1, 0.15) is 5.75 Å². The third-order valence-electron chi connectivity index (χ3n) is 5.30. The molecule has 1 amide bonds. The third-order valence-corrected chi connectivity index (χ3v) is 5.30. The molecule has 1 atom stereocenters. The van der Waals surface area contributed by atoms with Crippen LogP contribution in [0.5, 0.6) is 5.75 Å². The highest BCUT2D eigenvalue weighted by molar-refractivity contribution is 6.05. The molecule has 4 rings (SSSR count). The quantitative estimate of drug-likeness (QED) is 0.664. The van der Waals surface area contributed by atoms with E-state index in [1.807, 2.05) is 72.8 Å². The number of carbonyl (C=O) groups is 1. The van der Waals surface area contributed by atoms with Crippen molar-refractivity contribution in [2.45, 2.75) is 12.5 Å². The molecule has 4 nitrogen and oxygen atoms in total. The number of hydrogen-bond donors (Lipinski definition) is 1. The Morgan fingerprint density at radius 2 is 1.52 bits per heavy atom. The molecule has 1 aliphatic rings. The Hall–Kier alpha value is -3.53. The molecule has 146 valence electrons. The highest BCUT2D eigenvalue weighted by Crippen LogP contribution is 2.43. The molecule has 0 saturated carbocycles. The van der Waals surface area contributed by atoms with Gasteiger partial charge in [0.15, 0.2) is 5.76 Å². The first-order valence-corrected chi connectivity index (χ1v) is 9.66. The van der Waals surface area contributed by atoms with Gasteiger partial charge in [0, 0.05) is 12.1 Å². The summed E-state index contributed by atoms with van der Waals surface area (Å²) in [6.45, 7) is 0.520. The van der Waals surface area contributed by atoms with Crippen LogP contribution in [0.15, 0.2) is 90.7 Å². The normalized spacial score (nSPS) is 16.4. The fraction of sp³-hybridized carbons (Fsp3) is 0.160. The number of carbonyl (C=O) groups excluding carboxylic acids is 1. The molecule has 1 N–H and O–H groups in total. The van der Waals surface area contributed by atoms with Crippen LogP contribution in [0.4, 0.5) is 0 Å². The van der Waals surface area contributed by atoms with E-state index in [2.05, 4.69) is 12.1 Å². The van der Waals surface area contributed by atoms with Crippen LogP contribution in [0.3, 0.4) is 0 Å². The Morgan fingerprint density at radius 3 is 2.14 bits per heavy atom. The molecule has 0 bridgehead atoms. The topological polar surface area (TPSA) is 49.8 Å². The van der Waals surface area contributed by atoms with Crippen molar-refractivity contribution < 1.29 is 14.6 Å². The van der Waals surface area contributed by atoms with Crippen LogP contribution in [0, 0.1) is 0 Å². The second kappa shape index (κ2) is 8.23. The lowest BCUT2D eigenvalue weighted by Gasteiger charge is -2.27. The average molecular weight is 385 g/mol. The van der Waals surface area contributed by atoms with Gasteiger partial charge in [0.05, 0.1) is 13.2 Å². The first kappa shape index (κ1) is 18.8. The SMILES string of the molecule is COc1ccc(C2=C(O)C(=O)N(CCc3ccccc3)C2c2ccccc2)cc1. The molecule has 3 aromatic rings. The highest BCUT2D eigenvalue weighted by Gasteiger charge is 2.40. The lowest BCUT2D eigenvalue weighted by molar-refractivity contribution is -0.129. The molecular formula is C25H23NO3. The van der Waals surface area contributed by atoms with E-state index in [4.69, 9.17) is 4.74 Å². The van der Waals surface area contributed by atoms with E-state index in [1.54, 1.807) is 12.0 Å². The van der Waals surface area contributed by atoms with Crippen LogP contribution in [0.25, 0.3) is 5.57 Å². The number of rotatable bonds is 6. The molecule has 0 radical (unpaired) electrons. The largest absolute Gasteiger partial charge is 0.503 e. The lowest BCUT2D eigenvalue weighted by Crippen LogP contribution is -2.32. The summed E-state index contributed by atoms with van der Waals surface area (Å²) in [5, 5.41) is 10.8. The molecule has 3 aromatic carbocycles. The van der Waals surface area contributed by atoms with Gasteiger partial charge >= 0.3 is 0 Å². The predicted molar refractivity (Wildman–Crippen MR) is 114 cm³/mol. The minimum Gasteiger partial charge on any atom is -0.503 e. The summed E-state index contributed by atoms with van der Waals surface area (Å²) >= 11 is 0. The van der Waals surface area contributed by atoms with Crippen LogP contribution >= 0.6 is 0 Å². The Balaban J connectivity index is 1.71. The number of amides is 1. The number of benzene rings is 3. The zero-order valence-electron chi connectivity index (χ0n) is 16.3. The van der Waals surface area contributed by atoms with Crippen LogP contribution in [0.1, 0.15) is 22.7 Å². The summed E-state index contributed by atoms with van der Waals surface area (Å²) in [5.41, 5.74) is 3.58. The second-order valence-electron chi connectivity index (χ2n) is 7.04. The molecule has 0 aliphatic carbocycles. The molecule has 0 spiro atoms. The summed E-state index contributed by atoms with van der Waals surface area (Å²) in [5.74, 6) is 0.216. The van der Waals surface area contributed by atoms with Gasteiger partial charge < -0.3 is 14.7 Å². The van der Waals surface area contributed by atoms with Crippen molar-refractivity contribution in [3.63, 3.8) is 0 Å². The van der Waals surface area contributed by atoms with E-state index >= 15 is 0 Å². The van der Waals surface area contributed by atoms with Gasteiger partial charge in [-0.05, 0) is 35.2 Å². The molecule has 1 unspecified atom stereocenters. The predicted octanol–water partition coefficient (Wildman–Crippen LogP) is 4.79. The van der Waals surface area contributed by atoms with Crippen LogP contribution in [-0.2, 0) is 11.2 Å². The zero-order valence-corrected chi connectivity index (χ0v) is 16.3. The van der Waals surface area contributed by atoms with Gasteiger partial charge in [0.2, 0.25) is 0 Å². The minimum atomic E-state index is -0.333. The Kier molecular flexibility index (Phi) is 5.34. The first-order valence-electron chi connectivity index (χ1n) is 9.66. The van der Waals surface area contributed by atoms with E-state index in [0.717, 1.165) is 28.9 Å². The summed E-state index contributed by atoms with van der Waals surface area (Å²) < 4.78 is 5.24. The maximum Gasteiger partial charge on any atom is 0.289 e. The van der Waals surface area contributed by atoms with Crippen LogP contribution in [-0.4, -0.2) is 29.6 Å². The molecule has 1 heterocycles. The number of hydrogen-bond acceptors (Lipinski definition) is 3. The van der Waals surface area contributed by atoms with Crippen molar-refractivity contribution in [2.75, 3.05) is 13.7 Å². The number of aliphatic hydroxyl groups excluding tert-OH is 1. The van der Waals surface area contributed by atoms with Crippen molar-refractivity contribution in [3.05, 3.63) is 107 Å². The summed E-state index contributed by atoms with van der Waals surface area (Å²) in [4.78, 5) is 14.8. The van der Waals surface area contributed by atoms with Crippen LogP contribution in [0.2, 0.25) is 0 Å². The molecule has 0 aromatic heterocycles. The maximum atomic E-state index is 13.0. The summed E-state index contributed by atoms with van der Waals surface area (Å²) in [6.07, 6.45) is 0.721. The van der Waals surface area contributed by atoms with E-state index < -0.39 is 0 Å². The Labute approximate surface area is 170 Å². The molecule has 0 fully saturated rings. The number of aliphatic hydroxyl groups is 1. The van der Waals surface area contributed by atoms with Gasteiger partial charge in [-0.15, -0.1) is 0 Å². The standard InChI is InChI=1S/C25H23NO3/c1-29-21-14-12-19(13-15-21)22-23(20-10-6-3-7-11-20)26(25(28)24(22)27)17-16-18-8-4-2-5-9-18/h2-15,23,27H,16-17H2,1H3. The van der Waals surface area contributed by atoms with E-state index in [1.165, 1.54) is 0 Å². The monoisotopic (exact) mass is 385 g/mol. The second-order valence-corrected chi connectivity index (χ2v) is 7.04. The molecule has 0 saturated heterocycles. The Bertz CT molecular complexity index is 1010. The van der Waals surface area contributed by atoms with Gasteiger partial charge in [0.25, 0.3) is 5.91 Å². The van der Waals surface area contributed by atoms with Crippen molar-refractivity contribution in [2.24, 2.45) is 0 Å². The smallest absolute Gasteiger partial charge is 0.289 e. The summed E-state index contributed by atoms with van der Waals surface area (Å²) in [6, 6.07) is 27.0. The van der Waals surface area contributed by atoms with E-state index in [-0.39, 0.29) is 17.7 Å². The maximum absolute atomic E-state index is 13.0. The Morgan fingerprint density at radius 1 is 0.897 bits per heavy atom. The van der Waals surface area contributed by atoms with Crippen molar-refractivity contribution in [1.82, 2.24) is 4.90 Å². The van der Waals surface area contributed by atoms with Crippen molar-refractivity contribution in [3.8, 4) is 5.75 Å². The molecular weight excluding hydrogens is 362 g/mol. The first-order chi connectivity index (χ1) is 14.2. The van der Waals surface area contributed by atoms with Gasteiger partial charge in [-0.2, -0.15) is 0 Å². The van der Waals surface area contributed by atoms with Gasteiger partial charge in [-0.25, -0.2) is 0 Å². The molecule has 1 aliphatic heterocycles.